The van der Waals surface area contributed by atoms with E-state index in [1.165, 1.54) is 0 Å². The lowest BCUT2D eigenvalue weighted by atomic mass is 9.90. The molecule has 1 aliphatic rings. The molecule has 1 N–H and O–H groups in total. The van der Waals surface area contributed by atoms with E-state index < -0.39 is 11.6 Å². The first-order chi connectivity index (χ1) is 8.99. The summed E-state index contributed by atoms with van der Waals surface area (Å²) in [6.45, 7) is 5.78. The van der Waals surface area contributed by atoms with E-state index in [1.54, 1.807) is 24.9 Å². The zero-order chi connectivity index (χ0) is 14.0. The number of nitrogens with one attached hydrogen (secondary N) is 1. The lowest BCUT2D eigenvalue weighted by molar-refractivity contribution is -0.157. The van der Waals surface area contributed by atoms with Gasteiger partial charge in [0.05, 0.1) is 12.2 Å². The maximum atomic E-state index is 12.3. The Labute approximate surface area is 113 Å². The summed E-state index contributed by atoms with van der Waals surface area (Å²) in [6, 6.07) is 5.09. The Bertz CT molecular complexity index is 489. The molecule has 1 aliphatic heterocycles. The number of hydrogen-bond acceptors (Lipinski definition) is 3. The predicted octanol–water partition coefficient (Wildman–Crippen LogP) is 1.10. The number of amides is 2. The summed E-state index contributed by atoms with van der Waals surface area (Å²) in [5, 5.41) is 2.74. The molecule has 102 valence electrons. The summed E-state index contributed by atoms with van der Waals surface area (Å²) >= 11 is 0. The molecule has 0 spiro atoms. The molecule has 1 aromatic heterocycles. The number of carbonyl (C=O) groups is 2. The van der Waals surface area contributed by atoms with Crippen LogP contribution in [0.3, 0.4) is 0 Å². The number of piperazine rings is 1. The second-order valence-electron chi connectivity index (χ2n) is 5.07. The molecule has 1 aromatic rings. The van der Waals surface area contributed by atoms with Crippen molar-refractivity contribution in [2.24, 2.45) is 0 Å². The van der Waals surface area contributed by atoms with Gasteiger partial charge in [0.2, 0.25) is 11.8 Å². The quantitative estimate of drug-likeness (QED) is 0.886. The lowest BCUT2D eigenvalue weighted by Gasteiger charge is -2.45. The van der Waals surface area contributed by atoms with Crippen molar-refractivity contribution in [2.75, 3.05) is 0 Å². The third kappa shape index (κ3) is 2.32. The SMILES string of the molecule is CCC1(C)C(=O)NC(C)C(=O)N1Cc1ccccn1. The van der Waals surface area contributed by atoms with Gasteiger partial charge in [0.15, 0.2) is 0 Å². The summed E-state index contributed by atoms with van der Waals surface area (Å²) in [7, 11) is 0. The average molecular weight is 261 g/mol. The van der Waals surface area contributed by atoms with E-state index in [-0.39, 0.29) is 11.8 Å². The molecule has 19 heavy (non-hydrogen) atoms. The highest BCUT2D eigenvalue weighted by Gasteiger charge is 2.46. The van der Waals surface area contributed by atoms with Gasteiger partial charge in [-0.25, -0.2) is 0 Å². The van der Waals surface area contributed by atoms with Crippen molar-refractivity contribution in [3.8, 4) is 0 Å². The fourth-order valence-corrected chi connectivity index (χ4v) is 2.27. The Morgan fingerprint density at radius 2 is 2.16 bits per heavy atom. The van der Waals surface area contributed by atoms with Crippen LogP contribution >= 0.6 is 0 Å². The molecule has 2 rings (SSSR count). The minimum absolute atomic E-state index is 0.0606. The van der Waals surface area contributed by atoms with Crippen molar-refractivity contribution in [2.45, 2.75) is 45.3 Å². The van der Waals surface area contributed by atoms with Crippen LogP contribution in [0.25, 0.3) is 0 Å². The predicted molar refractivity (Wildman–Crippen MR) is 71.1 cm³/mol. The molecule has 0 aliphatic carbocycles. The minimum Gasteiger partial charge on any atom is -0.343 e. The van der Waals surface area contributed by atoms with Gasteiger partial charge in [0, 0.05) is 6.20 Å². The first kappa shape index (κ1) is 13.5. The molecular formula is C14H19N3O2. The van der Waals surface area contributed by atoms with Crippen LogP contribution in [0.2, 0.25) is 0 Å². The Balaban J connectivity index is 2.32. The van der Waals surface area contributed by atoms with Gasteiger partial charge < -0.3 is 10.2 Å². The maximum Gasteiger partial charge on any atom is 0.246 e. The summed E-state index contributed by atoms with van der Waals surface area (Å²) in [5.74, 6) is -0.160. The standard InChI is InChI=1S/C14H19N3O2/c1-4-14(3)13(19)16-10(2)12(18)17(14)9-11-7-5-6-8-15-11/h5-8,10H,4,9H2,1-3H3,(H,16,19). The third-order valence-electron chi connectivity index (χ3n) is 3.80. The Hall–Kier alpha value is -1.91. The van der Waals surface area contributed by atoms with Crippen LogP contribution in [0.4, 0.5) is 0 Å². The van der Waals surface area contributed by atoms with Crippen molar-refractivity contribution < 1.29 is 9.59 Å². The molecule has 0 saturated carbocycles. The molecule has 2 amide bonds. The van der Waals surface area contributed by atoms with E-state index in [2.05, 4.69) is 10.3 Å². The highest BCUT2D eigenvalue weighted by molar-refractivity contribution is 5.99. The molecule has 1 fully saturated rings. The largest absolute Gasteiger partial charge is 0.343 e. The van der Waals surface area contributed by atoms with Crippen LogP contribution in [0.15, 0.2) is 24.4 Å². The van der Waals surface area contributed by atoms with Gasteiger partial charge in [0.1, 0.15) is 11.6 Å². The summed E-state index contributed by atoms with van der Waals surface area (Å²) in [5.41, 5.74) is -0.0152. The monoisotopic (exact) mass is 261 g/mol. The van der Waals surface area contributed by atoms with Crippen molar-refractivity contribution in [1.29, 1.82) is 0 Å². The van der Waals surface area contributed by atoms with Crippen molar-refractivity contribution in [3.05, 3.63) is 30.1 Å². The van der Waals surface area contributed by atoms with Crippen molar-refractivity contribution in [1.82, 2.24) is 15.2 Å². The number of carbonyl (C=O) groups excluding carboxylic acids is 2. The number of pyridine rings is 1. The zero-order valence-corrected chi connectivity index (χ0v) is 11.5. The first-order valence-corrected chi connectivity index (χ1v) is 6.51. The van der Waals surface area contributed by atoms with Crippen LogP contribution in [0, 0.1) is 0 Å². The van der Waals surface area contributed by atoms with Crippen molar-refractivity contribution in [3.63, 3.8) is 0 Å². The van der Waals surface area contributed by atoms with Gasteiger partial charge in [-0.1, -0.05) is 13.0 Å². The molecule has 2 atom stereocenters. The molecule has 5 nitrogen and oxygen atoms in total. The second-order valence-corrected chi connectivity index (χ2v) is 5.07. The minimum atomic E-state index is -0.804. The lowest BCUT2D eigenvalue weighted by Crippen LogP contribution is -2.68. The second kappa shape index (κ2) is 4.99. The van der Waals surface area contributed by atoms with Crippen LogP contribution in [-0.4, -0.2) is 33.3 Å². The molecule has 0 aromatic carbocycles. The van der Waals surface area contributed by atoms with Gasteiger partial charge in [-0.2, -0.15) is 0 Å². The molecule has 2 unspecified atom stereocenters. The summed E-state index contributed by atoms with van der Waals surface area (Å²) in [6.07, 6.45) is 2.26. The number of hydrogen-bond donors (Lipinski definition) is 1. The van der Waals surface area contributed by atoms with E-state index in [9.17, 15) is 9.59 Å². The van der Waals surface area contributed by atoms with Crippen LogP contribution in [-0.2, 0) is 16.1 Å². The zero-order valence-electron chi connectivity index (χ0n) is 11.5. The van der Waals surface area contributed by atoms with Gasteiger partial charge in [-0.05, 0) is 32.4 Å². The summed E-state index contributed by atoms with van der Waals surface area (Å²) in [4.78, 5) is 30.4. The Morgan fingerprint density at radius 3 is 2.74 bits per heavy atom. The highest BCUT2D eigenvalue weighted by Crippen LogP contribution is 2.26. The van der Waals surface area contributed by atoms with E-state index >= 15 is 0 Å². The van der Waals surface area contributed by atoms with Gasteiger partial charge in [-0.15, -0.1) is 0 Å². The van der Waals surface area contributed by atoms with Crippen LogP contribution in [0.1, 0.15) is 32.9 Å². The van der Waals surface area contributed by atoms with Gasteiger partial charge >= 0.3 is 0 Å². The van der Waals surface area contributed by atoms with E-state index in [0.717, 1.165) is 5.69 Å². The molecular weight excluding hydrogens is 242 g/mol. The van der Waals surface area contributed by atoms with Crippen molar-refractivity contribution >= 4 is 11.8 Å². The smallest absolute Gasteiger partial charge is 0.246 e. The van der Waals surface area contributed by atoms with E-state index in [0.29, 0.717) is 13.0 Å². The molecule has 0 bridgehead atoms. The van der Waals surface area contributed by atoms with Gasteiger partial charge in [-0.3, -0.25) is 14.6 Å². The summed E-state index contributed by atoms with van der Waals surface area (Å²) < 4.78 is 0. The normalized spacial score (nSPS) is 27.3. The topological polar surface area (TPSA) is 62.3 Å². The molecule has 1 saturated heterocycles. The van der Waals surface area contributed by atoms with Gasteiger partial charge in [0.25, 0.3) is 0 Å². The molecule has 5 heteroatoms. The number of aromatic nitrogens is 1. The van der Waals surface area contributed by atoms with Crippen LogP contribution < -0.4 is 5.32 Å². The van der Waals surface area contributed by atoms with Crippen LogP contribution in [0.5, 0.6) is 0 Å². The van der Waals surface area contributed by atoms with E-state index in [1.807, 2.05) is 25.1 Å². The first-order valence-electron chi connectivity index (χ1n) is 6.51. The third-order valence-corrected chi connectivity index (χ3v) is 3.80. The highest BCUT2D eigenvalue weighted by atomic mass is 16.2. The number of rotatable bonds is 3. The Kier molecular flexibility index (Phi) is 3.55. The molecule has 2 heterocycles. The molecule has 0 radical (unpaired) electrons. The maximum absolute atomic E-state index is 12.3. The average Bonchev–Trinajstić information content (AvgIpc) is 2.42. The fraction of sp³-hybridized carbons (Fsp3) is 0.500. The fourth-order valence-electron chi connectivity index (χ4n) is 2.27. The van der Waals surface area contributed by atoms with E-state index in [4.69, 9.17) is 0 Å². The Morgan fingerprint density at radius 1 is 1.42 bits per heavy atom. The number of nitrogens with zero attached hydrogens (tertiary/aromatic N) is 2.